The zero-order valence-corrected chi connectivity index (χ0v) is 20.3. The molecule has 1 unspecified atom stereocenters. The number of benzene rings is 2. The molecule has 0 saturated heterocycles. The molecular formula is C22H22BrClN4O4. The molecule has 1 aromatic heterocycles. The Labute approximate surface area is 198 Å². The highest BCUT2D eigenvalue weighted by molar-refractivity contribution is 9.10. The molecule has 1 heterocycles. The first-order valence-electron chi connectivity index (χ1n) is 9.79. The minimum absolute atomic E-state index is 0.196. The number of nitro groups is 1. The van der Waals surface area contributed by atoms with E-state index in [9.17, 15) is 14.9 Å². The van der Waals surface area contributed by atoms with Gasteiger partial charge in [0.05, 0.1) is 39.3 Å². The van der Waals surface area contributed by atoms with E-state index in [0.717, 1.165) is 21.4 Å². The first-order valence-corrected chi connectivity index (χ1v) is 11.0. The van der Waals surface area contributed by atoms with Gasteiger partial charge in [-0.05, 0) is 60.5 Å². The van der Waals surface area contributed by atoms with Gasteiger partial charge in [-0.1, -0.05) is 18.5 Å². The van der Waals surface area contributed by atoms with Crippen molar-refractivity contribution in [1.82, 2.24) is 9.78 Å². The third kappa shape index (κ3) is 5.46. The number of ether oxygens (including phenoxy) is 1. The van der Waals surface area contributed by atoms with Gasteiger partial charge in [0.15, 0.2) is 0 Å². The first kappa shape index (κ1) is 23.7. The highest BCUT2D eigenvalue weighted by Crippen LogP contribution is 2.31. The van der Waals surface area contributed by atoms with E-state index in [1.54, 1.807) is 35.9 Å². The average Bonchev–Trinajstić information content (AvgIpc) is 2.97. The van der Waals surface area contributed by atoms with E-state index >= 15 is 0 Å². The van der Waals surface area contributed by atoms with Crippen LogP contribution >= 0.6 is 27.5 Å². The van der Waals surface area contributed by atoms with Gasteiger partial charge in [-0.15, -0.1) is 0 Å². The molecule has 10 heteroatoms. The van der Waals surface area contributed by atoms with Gasteiger partial charge in [0.1, 0.15) is 11.5 Å². The van der Waals surface area contributed by atoms with Crippen molar-refractivity contribution in [2.24, 2.45) is 5.92 Å². The number of non-ortho nitro benzene ring substituents is 1. The number of amides is 1. The summed E-state index contributed by atoms with van der Waals surface area (Å²) in [6.07, 6.45) is 0. The van der Waals surface area contributed by atoms with Crippen LogP contribution in [-0.4, -0.2) is 20.6 Å². The summed E-state index contributed by atoms with van der Waals surface area (Å²) < 4.78 is 8.45. The molecule has 3 rings (SSSR count). The molecule has 1 N–H and O–H groups in total. The molecule has 0 fully saturated rings. The fraction of sp³-hybridized carbons (Fsp3) is 0.273. The van der Waals surface area contributed by atoms with E-state index < -0.39 is 10.8 Å². The van der Waals surface area contributed by atoms with Crippen molar-refractivity contribution in [2.75, 3.05) is 5.32 Å². The second kappa shape index (κ2) is 9.70. The summed E-state index contributed by atoms with van der Waals surface area (Å²) in [6, 6.07) is 9.22. The van der Waals surface area contributed by atoms with Crippen LogP contribution in [0.5, 0.6) is 11.5 Å². The predicted octanol–water partition coefficient (Wildman–Crippen LogP) is 6.20. The zero-order chi connectivity index (χ0) is 23.6. The lowest BCUT2D eigenvalue weighted by Crippen LogP contribution is -2.25. The number of hydrogen-bond acceptors (Lipinski definition) is 5. The third-order valence-corrected chi connectivity index (χ3v) is 6.49. The summed E-state index contributed by atoms with van der Waals surface area (Å²) in [5.41, 5.74) is 2.65. The molecule has 0 radical (unpaired) electrons. The number of aromatic nitrogens is 2. The predicted molar refractivity (Wildman–Crippen MR) is 127 cm³/mol. The minimum Gasteiger partial charge on any atom is -0.457 e. The Morgan fingerprint density at radius 3 is 2.56 bits per heavy atom. The highest BCUT2D eigenvalue weighted by atomic mass is 79.9. The van der Waals surface area contributed by atoms with Gasteiger partial charge in [0.2, 0.25) is 5.91 Å². The lowest BCUT2D eigenvalue weighted by atomic mass is 10.1. The molecule has 0 spiro atoms. The van der Waals surface area contributed by atoms with Gasteiger partial charge in [0.25, 0.3) is 5.69 Å². The van der Waals surface area contributed by atoms with Crippen LogP contribution in [0.15, 0.2) is 40.9 Å². The molecular weight excluding hydrogens is 500 g/mol. The number of halogens is 2. The lowest BCUT2D eigenvalue weighted by Gasteiger charge is -2.14. The van der Waals surface area contributed by atoms with E-state index in [4.69, 9.17) is 16.3 Å². The molecule has 3 aromatic rings. The maximum atomic E-state index is 12.8. The zero-order valence-electron chi connectivity index (χ0n) is 18.0. The monoisotopic (exact) mass is 520 g/mol. The second-order valence-corrected chi connectivity index (χ2v) is 8.74. The molecule has 32 heavy (non-hydrogen) atoms. The van der Waals surface area contributed by atoms with Crippen molar-refractivity contribution in [1.29, 1.82) is 0 Å². The molecule has 0 aliphatic rings. The number of hydrogen-bond donors (Lipinski definition) is 1. The molecule has 0 saturated carbocycles. The Bertz CT molecular complexity index is 1190. The van der Waals surface area contributed by atoms with Crippen LogP contribution in [0.4, 0.5) is 11.4 Å². The van der Waals surface area contributed by atoms with Crippen molar-refractivity contribution in [2.45, 2.75) is 34.2 Å². The summed E-state index contributed by atoms with van der Waals surface area (Å²) in [4.78, 5) is 23.6. The number of nitro benzene ring substituents is 1. The molecule has 0 aliphatic carbocycles. The van der Waals surface area contributed by atoms with Crippen LogP contribution in [0.1, 0.15) is 23.9 Å². The number of rotatable bonds is 7. The van der Waals surface area contributed by atoms with Gasteiger partial charge in [-0.25, -0.2) is 0 Å². The van der Waals surface area contributed by atoms with E-state index in [2.05, 4.69) is 26.3 Å². The van der Waals surface area contributed by atoms with Crippen LogP contribution in [0.25, 0.3) is 0 Å². The van der Waals surface area contributed by atoms with Gasteiger partial charge >= 0.3 is 0 Å². The Morgan fingerprint density at radius 1 is 1.25 bits per heavy atom. The fourth-order valence-electron chi connectivity index (χ4n) is 3.10. The fourth-order valence-corrected chi connectivity index (χ4v) is 3.50. The number of carbonyl (C=O) groups is 1. The largest absolute Gasteiger partial charge is 0.457 e. The van der Waals surface area contributed by atoms with Crippen molar-refractivity contribution >= 4 is 44.8 Å². The minimum atomic E-state index is -0.535. The van der Waals surface area contributed by atoms with Crippen LogP contribution in [0.3, 0.4) is 0 Å². The smallest absolute Gasteiger partial charge is 0.275 e. The topological polar surface area (TPSA) is 99.3 Å². The number of aryl methyl sites for hydroxylation is 2. The maximum absolute atomic E-state index is 12.8. The normalized spacial score (nSPS) is 11.8. The van der Waals surface area contributed by atoms with Crippen molar-refractivity contribution in [3.63, 3.8) is 0 Å². The molecule has 1 amide bonds. The van der Waals surface area contributed by atoms with Crippen LogP contribution in [-0.2, 0) is 11.3 Å². The van der Waals surface area contributed by atoms with E-state index in [-0.39, 0.29) is 23.0 Å². The molecule has 0 aliphatic heterocycles. The Balaban J connectivity index is 1.79. The summed E-state index contributed by atoms with van der Waals surface area (Å²) in [5, 5.41) is 19.2. The average molecular weight is 522 g/mol. The Kier molecular flexibility index (Phi) is 7.20. The number of anilines is 1. The summed E-state index contributed by atoms with van der Waals surface area (Å²) in [7, 11) is 0. The lowest BCUT2D eigenvalue weighted by molar-refractivity contribution is -0.384. The van der Waals surface area contributed by atoms with Crippen LogP contribution < -0.4 is 10.1 Å². The van der Waals surface area contributed by atoms with E-state index in [1.807, 2.05) is 20.8 Å². The molecule has 8 nitrogen and oxygen atoms in total. The highest BCUT2D eigenvalue weighted by Gasteiger charge is 2.19. The van der Waals surface area contributed by atoms with E-state index in [0.29, 0.717) is 17.3 Å². The van der Waals surface area contributed by atoms with Crippen molar-refractivity contribution in [3.8, 4) is 11.5 Å². The van der Waals surface area contributed by atoms with E-state index in [1.165, 1.54) is 12.1 Å². The van der Waals surface area contributed by atoms with Gasteiger partial charge in [0, 0.05) is 22.8 Å². The summed E-state index contributed by atoms with van der Waals surface area (Å²) in [5.74, 6) is -0.00981. The molecule has 168 valence electrons. The Hall–Kier alpha value is -2.91. The van der Waals surface area contributed by atoms with Crippen LogP contribution in [0.2, 0.25) is 5.02 Å². The molecule has 1 atom stereocenters. The second-order valence-electron chi connectivity index (χ2n) is 7.54. The third-order valence-electron chi connectivity index (χ3n) is 4.92. The summed E-state index contributed by atoms with van der Waals surface area (Å²) in [6.45, 7) is 7.76. The Morgan fingerprint density at radius 2 is 1.97 bits per heavy atom. The standard InChI is InChI=1S/C22H22BrClN4O4/c1-12-7-18(5-6-20(12)24)32-19-9-16(8-17(10-19)28(30)31)25-22(29)13(2)11-27-15(4)21(23)14(3)26-27/h5-10,13H,11H2,1-4H3,(H,25,29). The summed E-state index contributed by atoms with van der Waals surface area (Å²) >= 11 is 9.52. The number of nitrogens with one attached hydrogen (secondary N) is 1. The quantitative estimate of drug-likeness (QED) is 0.295. The molecule has 2 aromatic carbocycles. The van der Waals surface area contributed by atoms with Gasteiger partial charge < -0.3 is 10.1 Å². The van der Waals surface area contributed by atoms with Gasteiger partial charge in [-0.2, -0.15) is 5.10 Å². The number of nitrogens with zero attached hydrogens (tertiary/aromatic N) is 3. The maximum Gasteiger partial charge on any atom is 0.275 e. The first-order chi connectivity index (χ1) is 15.0. The van der Waals surface area contributed by atoms with Crippen LogP contribution in [0, 0.1) is 36.8 Å². The SMILES string of the molecule is Cc1cc(Oc2cc(NC(=O)C(C)Cn3nc(C)c(Br)c3C)cc([N+](=O)[O-])c2)ccc1Cl. The van der Waals surface area contributed by atoms with Crippen molar-refractivity contribution in [3.05, 3.63) is 73.0 Å². The van der Waals surface area contributed by atoms with Gasteiger partial charge in [-0.3, -0.25) is 19.6 Å². The molecule has 0 bridgehead atoms. The van der Waals surface area contributed by atoms with Crippen molar-refractivity contribution < 1.29 is 14.5 Å². The number of carbonyl (C=O) groups excluding carboxylic acids is 1.